The normalized spacial score (nSPS) is 19.7. The molecule has 2 aromatic rings. The first-order chi connectivity index (χ1) is 11.0. The van der Waals surface area contributed by atoms with Crippen molar-refractivity contribution in [2.75, 3.05) is 6.54 Å². The van der Waals surface area contributed by atoms with Gasteiger partial charge in [0.2, 0.25) is 10.0 Å². The quantitative estimate of drug-likeness (QED) is 0.864. The van der Waals surface area contributed by atoms with Crippen LogP contribution in [0, 0.1) is 13.8 Å². The standard InChI is InChI=1S/C18H22N2O2S/c1-14-6-10-17(11-7-14)23(21,22)20-12-4-3-5-18(20)16-9-8-15(2)19-13-16/h6-11,13,18H,3-5,12H2,1-2H3. The van der Waals surface area contributed by atoms with Gasteiger partial charge < -0.3 is 0 Å². The van der Waals surface area contributed by atoms with Gasteiger partial charge in [-0.15, -0.1) is 0 Å². The van der Waals surface area contributed by atoms with E-state index in [0.717, 1.165) is 36.1 Å². The number of sulfonamides is 1. The highest BCUT2D eigenvalue weighted by molar-refractivity contribution is 7.89. The lowest BCUT2D eigenvalue weighted by Crippen LogP contribution is -2.38. The van der Waals surface area contributed by atoms with E-state index in [0.29, 0.717) is 11.4 Å². The molecule has 1 atom stereocenters. The van der Waals surface area contributed by atoms with Gasteiger partial charge in [-0.2, -0.15) is 4.31 Å². The van der Waals surface area contributed by atoms with Crippen molar-refractivity contribution in [2.24, 2.45) is 0 Å². The Morgan fingerprint density at radius 3 is 2.43 bits per heavy atom. The molecular formula is C18H22N2O2S. The Kier molecular flexibility index (Phi) is 4.50. The van der Waals surface area contributed by atoms with Crippen molar-refractivity contribution in [3.8, 4) is 0 Å². The smallest absolute Gasteiger partial charge is 0.243 e. The average molecular weight is 330 g/mol. The van der Waals surface area contributed by atoms with Gasteiger partial charge in [0, 0.05) is 18.4 Å². The van der Waals surface area contributed by atoms with Crippen LogP contribution >= 0.6 is 0 Å². The summed E-state index contributed by atoms with van der Waals surface area (Å²) in [5.74, 6) is 0. The molecule has 1 aromatic heterocycles. The summed E-state index contributed by atoms with van der Waals surface area (Å²) < 4.78 is 27.8. The zero-order valence-corrected chi connectivity index (χ0v) is 14.4. The van der Waals surface area contributed by atoms with Crippen LogP contribution in [0.1, 0.15) is 42.1 Å². The Morgan fingerprint density at radius 2 is 1.78 bits per heavy atom. The molecule has 3 rings (SSSR count). The summed E-state index contributed by atoms with van der Waals surface area (Å²) in [7, 11) is -3.48. The minimum absolute atomic E-state index is 0.122. The molecule has 4 nitrogen and oxygen atoms in total. The second-order valence-electron chi connectivity index (χ2n) is 6.17. The van der Waals surface area contributed by atoms with Gasteiger partial charge in [0.15, 0.2) is 0 Å². The molecule has 1 saturated heterocycles. The van der Waals surface area contributed by atoms with E-state index in [1.807, 2.05) is 44.3 Å². The Bertz CT molecular complexity index is 768. The fourth-order valence-corrected chi connectivity index (χ4v) is 4.73. The van der Waals surface area contributed by atoms with Crippen molar-refractivity contribution in [3.63, 3.8) is 0 Å². The SMILES string of the molecule is Cc1ccc(S(=O)(=O)N2CCCCC2c2ccc(C)nc2)cc1. The molecule has 1 aliphatic rings. The third kappa shape index (κ3) is 3.31. The number of piperidine rings is 1. The topological polar surface area (TPSA) is 50.3 Å². The van der Waals surface area contributed by atoms with E-state index in [2.05, 4.69) is 4.98 Å². The predicted molar refractivity (Wildman–Crippen MR) is 90.6 cm³/mol. The van der Waals surface area contributed by atoms with E-state index in [1.54, 1.807) is 16.4 Å². The fourth-order valence-electron chi connectivity index (χ4n) is 3.05. The summed E-state index contributed by atoms with van der Waals surface area (Å²) >= 11 is 0. The lowest BCUT2D eigenvalue weighted by molar-refractivity contribution is 0.255. The van der Waals surface area contributed by atoms with Crippen LogP contribution in [0.4, 0.5) is 0 Å². The summed E-state index contributed by atoms with van der Waals surface area (Å²) in [5.41, 5.74) is 2.98. The summed E-state index contributed by atoms with van der Waals surface area (Å²) in [4.78, 5) is 4.70. The molecule has 5 heteroatoms. The molecule has 0 bridgehead atoms. The van der Waals surface area contributed by atoms with Crippen LogP contribution in [0.15, 0.2) is 47.5 Å². The monoisotopic (exact) mass is 330 g/mol. The second kappa shape index (κ2) is 6.42. The van der Waals surface area contributed by atoms with Crippen LogP contribution in [0.3, 0.4) is 0 Å². The molecule has 0 aliphatic carbocycles. The molecule has 0 saturated carbocycles. The number of pyridine rings is 1. The van der Waals surface area contributed by atoms with Crippen molar-refractivity contribution in [1.82, 2.24) is 9.29 Å². The number of hydrogen-bond acceptors (Lipinski definition) is 3. The minimum Gasteiger partial charge on any atom is -0.261 e. The molecule has 1 aliphatic heterocycles. The maximum atomic E-state index is 13.1. The Labute approximate surface area is 138 Å². The summed E-state index contributed by atoms with van der Waals surface area (Å²) in [6, 6.07) is 10.9. The largest absolute Gasteiger partial charge is 0.261 e. The van der Waals surface area contributed by atoms with Crippen molar-refractivity contribution >= 4 is 10.0 Å². The Balaban J connectivity index is 1.97. The van der Waals surface area contributed by atoms with Crippen molar-refractivity contribution in [2.45, 2.75) is 44.0 Å². The molecule has 0 amide bonds. The average Bonchev–Trinajstić information content (AvgIpc) is 2.56. The summed E-state index contributed by atoms with van der Waals surface area (Å²) in [5, 5.41) is 0. The highest BCUT2D eigenvalue weighted by atomic mass is 32.2. The molecule has 1 fully saturated rings. The summed E-state index contributed by atoms with van der Waals surface area (Å²) in [6.45, 7) is 4.46. The van der Waals surface area contributed by atoms with Gasteiger partial charge in [-0.05, 0) is 50.5 Å². The molecule has 23 heavy (non-hydrogen) atoms. The summed E-state index contributed by atoms with van der Waals surface area (Å²) in [6.07, 6.45) is 4.60. The van der Waals surface area contributed by atoms with Crippen LogP contribution in [-0.2, 0) is 10.0 Å². The number of rotatable bonds is 3. The van der Waals surface area contributed by atoms with E-state index in [1.165, 1.54) is 0 Å². The highest BCUT2D eigenvalue weighted by Gasteiger charge is 2.34. The van der Waals surface area contributed by atoms with E-state index in [-0.39, 0.29) is 6.04 Å². The number of nitrogens with zero attached hydrogens (tertiary/aromatic N) is 2. The zero-order valence-electron chi connectivity index (χ0n) is 13.6. The second-order valence-corrected chi connectivity index (χ2v) is 8.06. The molecule has 0 radical (unpaired) electrons. The maximum Gasteiger partial charge on any atom is 0.243 e. The van der Waals surface area contributed by atoms with Crippen molar-refractivity contribution in [3.05, 3.63) is 59.4 Å². The molecule has 1 aromatic carbocycles. The molecule has 0 spiro atoms. The first-order valence-corrected chi connectivity index (χ1v) is 9.43. The minimum atomic E-state index is -3.48. The van der Waals surface area contributed by atoms with Crippen molar-refractivity contribution < 1.29 is 8.42 Å². The van der Waals surface area contributed by atoms with Gasteiger partial charge in [0.05, 0.1) is 10.9 Å². The number of benzene rings is 1. The molecule has 1 unspecified atom stereocenters. The third-order valence-electron chi connectivity index (χ3n) is 4.40. The molecule has 0 N–H and O–H groups in total. The van der Waals surface area contributed by atoms with Gasteiger partial charge in [0.25, 0.3) is 0 Å². The van der Waals surface area contributed by atoms with Gasteiger partial charge in [-0.25, -0.2) is 8.42 Å². The lowest BCUT2D eigenvalue weighted by atomic mass is 9.99. The number of aromatic nitrogens is 1. The lowest BCUT2D eigenvalue weighted by Gasteiger charge is -2.34. The fraction of sp³-hybridized carbons (Fsp3) is 0.389. The van der Waals surface area contributed by atoms with E-state index in [4.69, 9.17) is 0 Å². The number of aryl methyl sites for hydroxylation is 2. The van der Waals surface area contributed by atoms with Crippen LogP contribution in [-0.4, -0.2) is 24.3 Å². The van der Waals surface area contributed by atoms with Gasteiger partial charge in [-0.3, -0.25) is 4.98 Å². The van der Waals surface area contributed by atoms with Crippen LogP contribution in [0.5, 0.6) is 0 Å². The van der Waals surface area contributed by atoms with E-state index >= 15 is 0 Å². The first-order valence-electron chi connectivity index (χ1n) is 7.99. The highest BCUT2D eigenvalue weighted by Crippen LogP contribution is 2.35. The predicted octanol–water partition coefficient (Wildman–Crippen LogP) is 3.61. The molecule has 122 valence electrons. The van der Waals surface area contributed by atoms with Crippen LogP contribution < -0.4 is 0 Å². The maximum absolute atomic E-state index is 13.1. The third-order valence-corrected chi connectivity index (χ3v) is 6.32. The van der Waals surface area contributed by atoms with Gasteiger partial charge in [-0.1, -0.05) is 30.2 Å². The van der Waals surface area contributed by atoms with Crippen LogP contribution in [0.25, 0.3) is 0 Å². The van der Waals surface area contributed by atoms with E-state index < -0.39 is 10.0 Å². The first kappa shape index (κ1) is 16.1. The molecular weight excluding hydrogens is 308 g/mol. The van der Waals surface area contributed by atoms with E-state index in [9.17, 15) is 8.42 Å². The number of hydrogen-bond donors (Lipinski definition) is 0. The Hall–Kier alpha value is -1.72. The van der Waals surface area contributed by atoms with Gasteiger partial charge >= 0.3 is 0 Å². The Morgan fingerprint density at radius 1 is 1.04 bits per heavy atom. The van der Waals surface area contributed by atoms with Gasteiger partial charge in [0.1, 0.15) is 0 Å². The van der Waals surface area contributed by atoms with Crippen molar-refractivity contribution in [1.29, 1.82) is 0 Å². The van der Waals surface area contributed by atoms with Crippen LogP contribution in [0.2, 0.25) is 0 Å². The molecule has 2 heterocycles. The zero-order chi connectivity index (χ0) is 16.4.